The summed E-state index contributed by atoms with van der Waals surface area (Å²) in [6.07, 6.45) is 3.48. The van der Waals surface area contributed by atoms with Crippen molar-refractivity contribution in [3.63, 3.8) is 0 Å². The topological polar surface area (TPSA) is 55.2 Å². The number of carbonyl (C=O) groups is 1. The van der Waals surface area contributed by atoms with Gasteiger partial charge in [-0.1, -0.05) is 67.4 Å². The molecule has 33 heavy (non-hydrogen) atoms. The van der Waals surface area contributed by atoms with E-state index in [4.69, 9.17) is 11.6 Å². The number of pyridine rings is 2. The number of unbranched alkanes of at least 4 members (excludes halogenated alkanes) is 1. The maximum Gasteiger partial charge on any atom is 0.265 e. The van der Waals surface area contributed by atoms with Gasteiger partial charge in [0.2, 0.25) is 0 Å². The number of hydrogen-bond acceptors (Lipinski definition) is 3. The molecule has 0 spiro atoms. The molecule has 0 aliphatic carbocycles. The summed E-state index contributed by atoms with van der Waals surface area (Å²) in [6.45, 7) is 3.44. The smallest absolute Gasteiger partial charge is 0.265 e. The van der Waals surface area contributed by atoms with Crippen LogP contribution in [0.2, 0.25) is 5.02 Å². The van der Waals surface area contributed by atoms with E-state index in [-0.39, 0.29) is 17.0 Å². The number of carbonyl (C=O) groups excluding carboxylic acids is 1. The number of fused-ring (bicyclic) bond motifs is 1. The number of nitrogens with zero attached hydrogens (tertiary/aromatic N) is 3. The van der Waals surface area contributed by atoms with Crippen molar-refractivity contribution in [2.24, 2.45) is 0 Å². The fraction of sp³-hybridized carbons (Fsp3) is 0.222. The molecular weight excluding hydrogens is 434 g/mol. The molecule has 4 rings (SSSR count). The van der Waals surface area contributed by atoms with Crippen LogP contribution in [-0.4, -0.2) is 26.9 Å². The Balaban J connectivity index is 1.76. The summed E-state index contributed by atoms with van der Waals surface area (Å²) in [6, 6.07) is 22.6. The zero-order valence-corrected chi connectivity index (χ0v) is 19.3. The second-order valence-electron chi connectivity index (χ2n) is 8.06. The monoisotopic (exact) mass is 459 g/mol. The van der Waals surface area contributed by atoms with Gasteiger partial charge < -0.3 is 4.90 Å². The standard InChI is InChI=1S/C27H26ClN3O2/c1-2-3-16-30(18-20-8-5-4-6-9-20)26(32)24-17-22-10-7-15-29-25(22)31(27(24)33)19-21-11-13-23(28)14-12-21/h4-15,17H,2-3,16,18-19H2,1H3. The van der Waals surface area contributed by atoms with Crippen LogP contribution in [0.4, 0.5) is 0 Å². The van der Waals surface area contributed by atoms with Gasteiger partial charge >= 0.3 is 0 Å². The van der Waals surface area contributed by atoms with Crippen LogP contribution >= 0.6 is 11.6 Å². The van der Waals surface area contributed by atoms with E-state index in [0.29, 0.717) is 30.3 Å². The Morgan fingerprint density at radius 1 is 1.00 bits per heavy atom. The minimum atomic E-state index is -0.337. The molecular formula is C27H26ClN3O2. The van der Waals surface area contributed by atoms with Gasteiger partial charge in [0.1, 0.15) is 11.2 Å². The average molecular weight is 460 g/mol. The Bertz CT molecular complexity index is 1300. The minimum Gasteiger partial charge on any atom is -0.334 e. The molecule has 0 radical (unpaired) electrons. The van der Waals surface area contributed by atoms with Crippen LogP contribution in [0.3, 0.4) is 0 Å². The second-order valence-corrected chi connectivity index (χ2v) is 8.49. The number of rotatable bonds is 8. The first-order valence-electron chi connectivity index (χ1n) is 11.1. The molecule has 168 valence electrons. The summed E-state index contributed by atoms with van der Waals surface area (Å²) < 4.78 is 1.58. The molecule has 0 N–H and O–H groups in total. The van der Waals surface area contributed by atoms with Crippen molar-refractivity contribution in [3.8, 4) is 0 Å². The van der Waals surface area contributed by atoms with Crippen LogP contribution in [0.25, 0.3) is 11.0 Å². The van der Waals surface area contributed by atoms with Gasteiger partial charge in [-0.3, -0.25) is 14.2 Å². The predicted octanol–water partition coefficient (Wildman–Crippen LogP) is 5.54. The van der Waals surface area contributed by atoms with Crippen LogP contribution in [0, 0.1) is 0 Å². The van der Waals surface area contributed by atoms with Gasteiger partial charge in [-0.05, 0) is 47.9 Å². The van der Waals surface area contributed by atoms with Crippen molar-refractivity contribution in [1.29, 1.82) is 0 Å². The maximum absolute atomic E-state index is 13.6. The lowest BCUT2D eigenvalue weighted by atomic mass is 10.1. The summed E-state index contributed by atoms with van der Waals surface area (Å²) in [5.74, 6) is -0.257. The second kappa shape index (κ2) is 10.5. The molecule has 4 aromatic rings. The van der Waals surface area contributed by atoms with Crippen LogP contribution in [0.1, 0.15) is 41.3 Å². The first-order valence-corrected chi connectivity index (χ1v) is 11.5. The molecule has 0 unspecified atom stereocenters. The van der Waals surface area contributed by atoms with Crippen molar-refractivity contribution in [2.75, 3.05) is 6.54 Å². The van der Waals surface area contributed by atoms with E-state index in [2.05, 4.69) is 11.9 Å². The van der Waals surface area contributed by atoms with Gasteiger partial charge in [0.05, 0.1) is 6.54 Å². The first kappa shape index (κ1) is 22.7. The quantitative estimate of drug-likeness (QED) is 0.347. The maximum atomic E-state index is 13.6. The molecule has 0 fully saturated rings. The fourth-order valence-electron chi connectivity index (χ4n) is 3.85. The third kappa shape index (κ3) is 5.32. The first-order chi connectivity index (χ1) is 16.1. The molecule has 0 aliphatic heterocycles. The van der Waals surface area contributed by atoms with Crippen LogP contribution in [0.5, 0.6) is 0 Å². The number of amides is 1. The van der Waals surface area contributed by atoms with Gasteiger partial charge in [-0.2, -0.15) is 0 Å². The van der Waals surface area contributed by atoms with Gasteiger partial charge in [0.25, 0.3) is 11.5 Å². The van der Waals surface area contributed by atoms with Crippen molar-refractivity contribution in [1.82, 2.24) is 14.5 Å². The van der Waals surface area contributed by atoms with Crippen LogP contribution < -0.4 is 5.56 Å². The number of benzene rings is 2. The Morgan fingerprint density at radius 2 is 1.76 bits per heavy atom. The van der Waals surface area contributed by atoms with E-state index in [1.165, 1.54) is 0 Å². The predicted molar refractivity (Wildman–Crippen MR) is 133 cm³/mol. The Hall–Kier alpha value is -3.44. The number of hydrogen-bond donors (Lipinski definition) is 0. The van der Waals surface area contributed by atoms with Crippen molar-refractivity contribution >= 4 is 28.5 Å². The SMILES string of the molecule is CCCCN(Cc1ccccc1)C(=O)c1cc2cccnc2n(Cc2ccc(Cl)cc2)c1=O. The van der Waals surface area contributed by atoms with E-state index < -0.39 is 0 Å². The van der Waals surface area contributed by atoms with Crippen LogP contribution in [-0.2, 0) is 13.1 Å². The highest BCUT2D eigenvalue weighted by Crippen LogP contribution is 2.17. The van der Waals surface area contributed by atoms with Gasteiger partial charge in [0.15, 0.2) is 0 Å². The molecule has 2 heterocycles. The Labute approximate surface area is 198 Å². The molecule has 0 bridgehead atoms. The fourth-order valence-corrected chi connectivity index (χ4v) is 3.98. The molecule has 2 aromatic heterocycles. The molecule has 6 heteroatoms. The summed E-state index contributed by atoms with van der Waals surface area (Å²) in [5.41, 5.74) is 2.32. The zero-order chi connectivity index (χ0) is 23.2. The molecule has 2 aromatic carbocycles. The van der Waals surface area contributed by atoms with E-state index in [9.17, 15) is 9.59 Å². The highest BCUT2D eigenvalue weighted by Gasteiger charge is 2.22. The molecule has 0 aliphatic rings. The normalized spacial score (nSPS) is 11.0. The average Bonchev–Trinajstić information content (AvgIpc) is 2.84. The summed E-state index contributed by atoms with van der Waals surface area (Å²) >= 11 is 6.02. The van der Waals surface area contributed by atoms with Crippen LogP contribution in [0.15, 0.2) is 83.8 Å². The van der Waals surface area contributed by atoms with Gasteiger partial charge in [-0.25, -0.2) is 4.98 Å². The zero-order valence-electron chi connectivity index (χ0n) is 18.6. The summed E-state index contributed by atoms with van der Waals surface area (Å²) in [7, 11) is 0. The Morgan fingerprint density at radius 3 is 2.48 bits per heavy atom. The molecule has 5 nitrogen and oxygen atoms in total. The van der Waals surface area contributed by atoms with E-state index in [1.807, 2.05) is 54.6 Å². The lowest BCUT2D eigenvalue weighted by Gasteiger charge is -2.23. The summed E-state index contributed by atoms with van der Waals surface area (Å²) in [5, 5.41) is 1.38. The molecule has 0 saturated heterocycles. The highest BCUT2D eigenvalue weighted by molar-refractivity contribution is 6.30. The lowest BCUT2D eigenvalue weighted by Crippen LogP contribution is -2.37. The third-order valence-electron chi connectivity index (χ3n) is 5.62. The van der Waals surface area contributed by atoms with E-state index in [0.717, 1.165) is 29.4 Å². The molecule has 1 amide bonds. The van der Waals surface area contributed by atoms with Gasteiger partial charge in [-0.15, -0.1) is 0 Å². The summed E-state index contributed by atoms with van der Waals surface area (Å²) in [4.78, 5) is 33.4. The van der Waals surface area contributed by atoms with Crippen molar-refractivity contribution in [2.45, 2.75) is 32.9 Å². The van der Waals surface area contributed by atoms with Crippen molar-refractivity contribution in [3.05, 3.63) is 111 Å². The van der Waals surface area contributed by atoms with E-state index >= 15 is 0 Å². The number of halogens is 1. The van der Waals surface area contributed by atoms with E-state index in [1.54, 1.807) is 33.9 Å². The van der Waals surface area contributed by atoms with Crippen molar-refractivity contribution < 1.29 is 4.79 Å². The minimum absolute atomic E-state index is 0.163. The highest BCUT2D eigenvalue weighted by atomic mass is 35.5. The Kier molecular flexibility index (Phi) is 7.20. The lowest BCUT2D eigenvalue weighted by molar-refractivity contribution is 0.0738. The molecule has 0 atom stereocenters. The molecule has 0 saturated carbocycles. The van der Waals surface area contributed by atoms with Gasteiger partial charge in [0, 0.05) is 29.7 Å². The third-order valence-corrected chi connectivity index (χ3v) is 5.87. The number of aromatic nitrogens is 2. The largest absolute Gasteiger partial charge is 0.334 e.